The van der Waals surface area contributed by atoms with Crippen LogP contribution >= 0.6 is 0 Å². The first-order chi connectivity index (χ1) is 16.4. The largest absolute Gasteiger partial charge is 0.490 e. The van der Waals surface area contributed by atoms with E-state index in [1.165, 1.54) is 24.3 Å². The Balaban J connectivity index is 0.000000540. The van der Waals surface area contributed by atoms with E-state index in [1.807, 2.05) is 0 Å². The molecule has 3 rings (SSSR count). The third-order valence-corrected chi connectivity index (χ3v) is 4.62. The molecule has 1 unspecified atom stereocenters. The number of rotatable bonds is 6. The topological polar surface area (TPSA) is 125 Å². The molecule has 1 amide bonds. The van der Waals surface area contributed by atoms with Crippen LogP contribution in [0.2, 0.25) is 0 Å². The van der Waals surface area contributed by atoms with E-state index in [4.69, 9.17) is 19.4 Å². The molecule has 35 heavy (non-hydrogen) atoms. The van der Waals surface area contributed by atoms with E-state index in [9.17, 15) is 32.3 Å². The zero-order valence-corrected chi connectivity index (χ0v) is 18.3. The number of benzene rings is 2. The van der Waals surface area contributed by atoms with Crippen molar-refractivity contribution < 1.29 is 51.6 Å². The molecule has 1 aliphatic heterocycles. The number of carboxylic acid groups (broad SMARTS) is 2. The Bertz CT molecular complexity index is 1060. The lowest BCUT2D eigenvalue weighted by Crippen LogP contribution is -2.38. The number of likely N-dealkylation sites (N-methyl/N-ethyl adjacent to an activating group) is 1. The van der Waals surface area contributed by atoms with Gasteiger partial charge in [0.05, 0.1) is 42.7 Å². The Hall–Kier alpha value is -3.71. The van der Waals surface area contributed by atoms with Crippen LogP contribution in [0.3, 0.4) is 0 Å². The summed E-state index contributed by atoms with van der Waals surface area (Å²) in [5, 5.41) is 19.2. The average molecular weight is 502 g/mol. The molecular formula is C22H22F4N2O7. The van der Waals surface area contributed by atoms with Crippen molar-refractivity contribution in [2.45, 2.75) is 12.3 Å². The minimum atomic E-state index is -5.08. The molecule has 2 aromatic rings. The second kappa shape index (κ2) is 12.1. The van der Waals surface area contributed by atoms with Crippen LogP contribution < -0.4 is 10.2 Å². The van der Waals surface area contributed by atoms with Crippen molar-refractivity contribution in [3.63, 3.8) is 0 Å². The summed E-state index contributed by atoms with van der Waals surface area (Å²) in [7, 11) is 1.76. The zero-order chi connectivity index (χ0) is 26.2. The summed E-state index contributed by atoms with van der Waals surface area (Å²) in [4.78, 5) is 34.6. The fraction of sp³-hybridized carbons (Fsp3) is 0.318. The molecular weight excluding hydrogens is 480 g/mol. The van der Waals surface area contributed by atoms with E-state index in [0.717, 1.165) is 0 Å². The van der Waals surface area contributed by atoms with Crippen LogP contribution in [0.4, 0.5) is 28.9 Å². The summed E-state index contributed by atoms with van der Waals surface area (Å²) >= 11 is 0. The number of anilines is 2. The Labute approximate surface area is 196 Å². The number of nitrogens with one attached hydrogen (secondary N) is 1. The van der Waals surface area contributed by atoms with Crippen LogP contribution in [0.1, 0.15) is 20.7 Å². The first kappa shape index (κ1) is 27.5. The van der Waals surface area contributed by atoms with Crippen molar-refractivity contribution in [3.8, 4) is 0 Å². The van der Waals surface area contributed by atoms with Crippen molar-refractivity contribution in [2.75, 3.05) is 43.6 Å². The van der Waals surface area contributed by atoms with Gasteiger partial charge >= 0.3 is 18.1 Å². The van der Waals surface area contributed by atoms with Gasteiger partial charge in [-0.15, -0.1) is 0 Å². The fourth-order valence-corrected chi connectivity index (χ4v) is 3.01. The molecule has 9 nitrogen and oxygen atoms in total. The van der Waals surface area contributed by atoms with Gasteiger partial charge in [-0.2, -0.15) is 13.2 Å². The van der Waals surface area contributed by atoms with Crippen LogP contribution in [-0.2, 0) is 14.3 Å². The number of aliphatic carboxylic acids is 1. The van der Waals surface area contributed by atoms with Crippen LogP contribution in [0, 0.1) is 5.82 Å². The molecule has 0 radical (unpaired) electrons. The number of aromatic carboxylic acids is 1. The molecule has 1 fully saturated rings. The highest BCUT2D eigenvalue weighted by molar-refractivity contribution is 6.05. The average Bonchev–Trinajstić information content (AvgIpc) is 2.79. The lowest BCUT2D eigenvalue weighted by molar-refractivity contribution is -0.192. The van der Waals surface area contributed by atoms with Crippen molar-refractivity contribution in [2.24, 2.45) is 0 Å². The maximum atomic E-state index is 13.8. The molecule has 1 aliphatic rings. The number of carbonyl (C=O) groups is 3. The standard InChI is InChI=1S/C20H21FN2O5.C2HF3O2/c1-23(11-14-12-27-8-9-28-14)18-7-6-13(10-16(18)20(25)26)22-19(24)15-4-2-3-5-17(15)21;3-2(4,5)1(6)7/h2-7,10,14H,8-9,11-12H2,1H3,(H,22,24)(H,25,26);(H,6,7). The molecule has 1 saturated heterocycles. The predicted molar refractivity (Wildman–Crippen MR) is 115 cm³/mol. The monoisotopic (exact) mass is 502 g/mol. The molecule has 2 aromatic carbocycles. The quantitative estimate of drug-likeness (QED) is 0.514. The predicted octanol–water partition coefficient (Wildman–Crippen LogP) is 3.26. The molecule has 1 heterocycles. The van der Waals surface area contributed by atoms with Gasteiger partial charge in [0.25, 0.3) is 5.91 Å². The third kappa shape index (κ3) is 8.22. The first-order valence-electron chi connectivity index (χ1n) is 10.0. The normalized spacial score (nSPS) is 15.4. The maximum Gasteiger partial charge on any atom is 0.490 e. The van der Waals surface area contributed by atoms with E-state index in [1.54, 1.807) is 30.1 Å². The van der Waals surface area contributed by atoms with Gasteiger partial charge in [-0.3, -0.25) is 4.79 Å². The van der Waals surface area contributed by atoms with Gasteiger partial charge in [-0.05, 0) is 30.3 Å². The van der Waals surface area contributed by atoms with Gasteiger partial charge in [0.1, 0.15) is 5.82 Å². The highest BCUT2D eigenvalue weighted by Crippen LogP contribution is 2.25. The number of alkyl halides is 3. The molecule has 1 atom stereocenters. The van der Waals surface area contributed by atoms with Crippen molar-refractivity contribution in [1.29, 1.82) is 0 Å². The van der Waals surface area contributed by atoms with Crippen LogP contribution in [-0.4, -0.2) is 73.8 Å². The van der Waals surface area contributed by atoms with Gasteiger partial charge in [0, 0.05) is 19.3 Å². The van der Waals surface area contributed by atoms with E-state index >= 15 is 0 Å². The highest BCUT2D eigenvalue weighted by Gasteiger charge is 2.38. The molecule has 190 valence electrons. The fourth-order valence-electron chi connectivity index (χ4n) is 3.01. The summed E-state index contributed by atoms with van der Waals surface area (Å²) in [6.07, 6.45) is -5.24. The summed E-state index contributed by atoms with van der Waals surface area (Å²) < 4.78 is 56.5. The van der Waals surface area contributed by atoms with Gasteiger partial charge in [0.2, 0.25) is 0 Å². The molecule has 0 aromatic heterocycles. The molecule has 0 aliphatic carbocycles. The van der Waals surface area contributed by atoms with Gasteiger partial charge < -0.3 is 29.9 Å². The van der Waals surface area contributed by atoms with Crippen LogP contribution in [0.5, 0.6) is 0 Å². The van der Waals surface area contributed by atoms with Gasteiger partial charge in [-0.1, -0.05) is 12.1 Å². The summed E-state index contributed by atoms with van der Waals surface area (Å²) in [5.74, 6) is -5.19. The number of nitrogens with zero attached hydrogens (tertiary/aromatic N) is 1. The highest BCUT2D eigenvalue weighted by atomic mass is 19.4. The van der Waals surface area contributed by atoms with E-state index in [2.05, 4.69) is 5.32 Å². The van der Waals surface area contributed by atoms with Crippen LogP contribution in [0.25, 0.3) is 0 Å². The summed E-state index contributed by atoms with van der Waals surface area (Å²) in [5.41, 5.74) is 0.645. The van der Waals surface area contributed by atoms with Gasteiger partial charge in [0.15, 0.2) is 0 Å². The number of hydrogen-bond donors (Lipinski definition) is 3. The molecule has 13 heteroatoms. The molecule has 3 N–H and O–H groups in total. The Morgan fingerprint density at radius 3 is 2.29 bits per heavy atom. The second-order valence-corrected chi connectivity index (χ2v) is 7.22. The Kier molecular flexibility index (Phi) is 9.54. The maximum absolute atomic E-state index is 13.8. The zero-order valence-electron chi connectivity index (χ0n) is 18.3. The number of amides is 1. The van der Waals surface area contributed by atoms with E-state index in [0.29, 0.717) is 32.1 Å². The SMILES string of the molecule is CN(CC1COCCO1)c1ccc(NC(=O)c2ccccc2F)cc1C(=O)O.O=C(O)C(F)(F)F. The summed E-state index contributed by atoms with van der Waals surface area (Å²) in [6.45, 7) is 1.97. The smallest absolute Gasteiger partial charge is 0.478 e. The lowest BCUT2D eigenvalue weighted by atomic mass is 10.1. The first-order valence-corrected chi connectivity index (χ1v) is 10.0. The van der Waals surface area contributed by atoms with Crippen molar-refractivity contribution in [1.82, 2.24) is 0 Å². The number of ether oxygens (including phenoxy) is 2. The summed E-state index contributed by atoms with van der Waals surface area (Å²) in [6, 6.07) is 10.1. The Morgan fingerprint density at radius 1 is 1.09 bits per heavy atom. The second-order valence-electron chi connectivity index (χ2n) is 7.22. The minimum Gasteiger partial charge on any atom is -0.478 e. The number of carboxylic acids is 2. The van der Waals surface area contributed by atoms with E-state index in [-0.39, 0.29) is 22.9 Å². The minimum absolute atomic E-state index is 0.0190. The number of halogens is 4. The molecule has 0 saturated carbocycles. The molecule has 0 spiro atoms. The number of hydrogen-bond acceptors (Lipinski definition) is 6. The molecule has 0 bridgehead atoms. The lowest BCUT2D eigenvalue weighted by Gasteiger charge is -2.29. The van der Waals surface area contributed by atoms with Crippen LogP contribution in [0.15, 0.2) is 42.5 Å². The van der Waals surface area contributed by atoms with Crippen molar-refractivity contribution in [3.05, 3.63) is 59.4 Å². The van der Waals surface area contributed by atoms with E-state index < -0.39 is 29.8 Å². The third-order valence-electron chi connectivity index (χ3n) is 4.62. The van der Waals surface area contributed by atoms with Crippen molar-refractivity contribution >= 4 is 29.2 Å². The Morgan fingerprint density at radius 2 is 1.74 bits per heavy atom. The number of carbonyl (C=O) groups excluding carboxylic acids is 1. The van der Waals surface area contributed by atoms with Gasteiger partial charge in [-0.25, -0.2) is 14.0 Å².